The molecule has 1 fully saturated rings. The number of ether oxygens (including phenoxy) is 1. The molecule has 5 heteroatoms. The number of rotatable bonds is 9. The van der Waals surface area contributed by atoms with Gasteiger partial charge in [-0.25, -0.2) is 4.98 Å². The SMILES string of the molecule is Cc1cccc(N2C[C@@H](c3nc4ccccc4n3CCCCCOc3ccccc3)CC2=O)c1. The third-order valence-electron chi connectivity index (χ3n) is 6.53. The molecule has 0 radical (unpaired) electrons. The van der Waals surface area contributed by atoms with Gasteiger partial charge in [-0.1, -0.05) is 42.5 Å². The van der Waals surface area contributed by atoms with E-state index in [0.29, 0.717) is 13.0 Å². The van der Waals surface area contributed by atoms with Crippen molar-refractivity contribution in [2.24, 2.45) is 0 Å². The number of para-hydroxylation sites is 3. The lowest BCUT2D eigenvalue weighted by atomic mass is 10.1. The lowest BCUT2D eigenvalue weighted by Gasteiger charge is -2.18. The topological polar surface area (TPSA) is 47.4 Å². The van der Waals surface area contributed by atoms with E-state index in [1.54, 1.807) is 0 Å². The molecule has 5 nitrogen and oxygen atoms in total. The van der Waals surface area contributed by atoms with Gasteiger partial charge in [-0.3, -0.25) is 4.79 Å². The molecule has 0 N–H and O–H groups in total. The Morgan fingerprint density at radius 2 is 1.76 bits per heavy atom. The fraction of sp³-hybridized carbons (Fsp3) is 0.310. The average Bonchev–Trinajstić information content (AvgIpc) is 3.42. The summed E-state index contributed by atoms with van der Waals surface area (Å²) < 4.78 is 8.17. The molecule has 1 aromatic heterocycles. The van der Waals surface area contributed by atoms with Gasteiger partial charge in [0.05, 0.1) is 17.6 Å². The van der Waals surface area contributed by atoms with Crippen LogP contribution in [0.1, 0.15) is 43.0 Å². The van der Waals surface area contributed by atoms with Crippen LogP contribution in [-0.2, 0) is 11.3 Å². The first kappa shape index (κ1) is 22.2. The van der Waals surface area contributed by atoms with Gasteiger partial charge in [0, 0.05) is 31.1 Å². The maximum absolute atomic E-state index is 12.9. The van der Waals surface area contributed by atoms with Crippen molar-refractivity contribution in [1.82, 2.24) is 9.55 Å². The number of nitrogens with zero attached hydrogens (tertiary/aromatic N) is 3. The quantitative estimate of drug-likeness (QED) is 0.287. The predicted molar refractivity (Wildman–Crippen MR) is 136 cm³/mol. The molecule has 1 atom stereocenters. The van der Waals surface area contributed by atoms with Gasteiger partial charge in [-0.05, 0) is 68.1 Å². The molecule has 5 rings (SSSR count). The highest BCUT2D eigenvalue weighted by Gasteiger charge is 2.34. The van der Waals surface area contributed by atoms with Gasteiger partial charge < -0.3 is 14.2 Å². The maximum atomic E-state index is 12.9. The van der Waals surface area contributed by atoms with Crippen molar-refractivity contribution in [3.63, 3.8) is 0 Å². The van der Waals surface area contributed by atoms with Crippen molar-refractivity contribution in [2.45, 2.75) is 45.1 Å². The van der Waals surface area contributed by atoms with Crippen LogP contribution in [0.15, 0.2) is 78.9 Å². The van der Waals surface area contributed by atoms with Crippen LogP contribution in [0.5, 0.6) is 5.75 Å². The first-order chi connectivity index (χ1) is 16.7. The zero-order chi connectivity index (χ0) is 23.3. The van der Waals surface area contributed by atoms with E-state index in [9.17, 15) is 4.79 Å². The summed E-state index contributed by atoms with van der Waals surface area (Å²) in [6.07, 6.45) is 3.65. The molecule has 4 aromatic rings. The standard InChI is InChI=1S/C29H31N3O2/c1-22-11-10-12-24(19-22)32-21-23(20-28(32)33)29-30-26-15-6-7-16-27(26)31(29)17-8-3-9-18-34-25-13-4-2-5-14-25/h2,4-7,10-16,19,23H,3,8-9,17-18,20-21H2,1H3/t23-/m0/s1. The number of hydrogen-bond acceptors (Lipinski definition) is 3. The smallest absolute Gasteiger partial charge is 0.227 e. The number of carbonyl (C=O) groups is 1. The van der Waals surface area contributed by atoms with Crippen LogP contribution in [0.4, 0.5) is 5.69 Å². The van der Waals surface area contributed by atoms with Gasteiger partial charge in [-0.2, -0.15) is 0 Å². The van der Waals surface area contributed by atoms with Crippen molar-refractivity contribution in [1.29, 1.82) is 0 Å². The van der Waals surface area contributed by atoms with Gasteiger partial charge in [0.15, 0.2) is 0 Å². The summed E-state index contributed by atoms with van der Waals surface area (Å²) in [5.74, 6) is 2.23. The molecule has 1 saturated heterocycles. The minimum Gasteiger partial charge on any atom is -0.494 e. The fourth-order valence-electron chi connectivity index (χ4n) is 4.82. The summed E-state index contributed by atoms with van der Waals surface area (Å²) >= 11 is 0. The van der Waals surface area contributed by atoms with Crippen molar-refractivity contribution in [3.05, 3.63) is 90.3 Å². The average molecular weight is 454 g/mol. The molecular formula is C29H31N3O2. The number of amides is 1. The van der Waals surface area contributed by atoms with Gasteiger partial charge in [0.1, 0.15) is 11.6 Å². The highest BCUT2D eigenvalue weighted by Crippen LogP contribution is 2.33. The normalized spacial score (nSPS) is 15.9. The molecule has 1 amide bonds. The van der Waals surface area contributed by atoms with E-state index in [-0.39, 0.29) is 11.8 Å². The van der Waals surface area contributed by atoms with Crippen molar-refractivity contribution in [2.75, 3.05) is 18.1 Å². The second-order valence-corrected chi connectivity index (χ2v) is 9.08. The van der Waals surface area contributed by atoms with Crippen LogP contribution in [0.3, 0.4) is 0 Å². The summed E-state index contributed by atoms with van der Waals surface area (Å²) in [7, 11) is 0. The summed E-state index contributed by atoms with van der Waals surface area (Å²) in [5.41, 5.74) is 4.30. The van der Waals surface area contributed by atoms with E-state index in [1.807, 2.05) is 53.4 Å². The molecule has 3 aromatic carbocycles. The van der Waals surface area contributed by atoms with Crippen molar-refractivity contribution in [3.8, 4) is 5.75 Å². The monoisotopic (exact) mass is 453 g/mol. The molecule has 2 heterocycles. The highest BCUT2D eigenvalue weighted by atomic mass is 16.5. The minimum atomic E-state index is 0.0989. The van der Waals surface area contributed by atoms with Gasteiger partial charge >= 0.3 is 0 Å². The van der Waals surface area contributed by atoms with Crippen LogP contribution in [-0.4, -0.2) is 28.6 Å². The van der Waals surface area contributed by atoms with Crippen LogP contribution in [0.2, 0.25) is 0 Å². The number of anilines is 1. The number of benzene rings is 3. The molecule has 34 heavy (non-hydrogen) atoms. The Bertz CT molecular complexity index is 1260. The van der Waals surface area contributed by atoms with Crippen LogP contribution < -0.4 is 9.64 Å². The van der Waals surface area contributed by atoms with Crippen LogP contribution in [0, 0.1) is 6.92 Å². The summed E-state index contributed by atoms with van der Waals surface area (Å²) in [5, 5.41) is 0. The summed E-state index contributed by atoms with van der Waals surface area (Å²) in [6, 6.07) is 26.5. The third-order valence-corrected chi connectivity index (χ3v) is 6.53. The van der Waals surface area contributed by atoms with E-state index >= 15 is 0 Å². The molecule has 0 spiro atoms. The van der Waals surface area contributed by atoms with Gasteiger partial charge in [0.2, 0.25) is 5.91 Å². The Hall–Kier alpha value is -3.60. The largest absolute Gasteiger partial charge is 0.494 e. The van der Waals surface area contributed by atoms with Gasteiger partial charge in [0.25, 0.3) is 0 Å². The first-order valence-electron chi connectivity index (χ1n) is 12.2. The molecule has 0 unspecified atom stereocenters. The molecule has 0 aliphatic carbocycles. The summed E-state index contributed by atoms with van der Waals surface area (Å²) in [4.78, 5) is 19.8. The lowest BCUT2D eigenvalue weighted by molar-refractivity contribution is -0.117. The Labute approximate surface area is 201 Å². The van der Waals surface area contributed by atoms with Crippen LogP contribution >= 0.6 is 0 Å². The zero-order valence-electron chi connectivity index (χ0n) is 19.7. The van der Waals surface area contributed by atoms with Crippen molar-refractivity contribution < 1.29 is 9.53 Å². The molecule has 0 saturated carbocycles. The number of imidazole rings is 1. The number of aryl methyl sites for hydroxylation is 2. The molecule has 174 valence electrons. The Balaban J connectivity index is 1.26. The first-order valence-corrected chi connectivity index (χ1v) is 12.2. The highest BCUT2D eigenvalue weighted by molar-refractivity contribution is 5.96. The Morgan fingerprint density at radius 3 is 2.62 bits per heavy atom. The van der Waals surface area contributed by atoms with E-state index in [2.05, 4.69) is 41.8 Å². The Kier molecular flexibility index (Phi) is 6.61. The molecule has 1 aliphatic rings. The van der Waals surface area contributed by atoms with Crippen molar-refractivity contribution >= 4 is 22.6 Å². The number of aromatic nitrogens is 2. The predicted octanol–water partition coefficient (Wildman–Crippen LogP) is 6.11. The van der Waals surface area contributed by atoms with E-state index < -0.39 is 0 Å². The van der Waals surface area contributed by atoms with E-state index in [0.717, 1.165) is 66.3 Å². The molecular weight excluding hydrogens is 422 g/mol. The Morgan fingerprint density at radius 1 is 0.941 bits per heavy atom. The number of carbonyl (C=O) groups excluding carboxylic acids is 1. The van der Waals surface area contributed by atoms with Gasteiger partial charge in [-0.15, -0.1) is 0 Å². The maximum Gasteiger partial charge on any atom is 0.227 e. The second kappa shape index (κ2) is 10.1. The molecule has 0 bridgehead atoms. The lowest BCUT2D eigenvalue weighted by Crippen LogP contribution is -2.24. The van der Waals surface area contributed by atoms with E-state index in [4.69, 9.17) is 9.72 Å². The number of fused-ring (bicyclic) bond motifs is 1. The zero-order valence-corrected chi connectivity index (χ0v) is 19.7. The number of unbranched alkanes of at least 4 members (excludes halogenated alkanes) is 2. The number of hydrogen-bond donors (Lipinski definition) is 0. The van der Waals surface area contributed by atoms with Crippen LogP contribution in [0.25, 0.3) is 11.0 Å². The summed E-state index contributed by atoms with van der Waals surface area (Å²) in [6.45, 7) is 4.36. The third kappa shape index (κ3) is 4.84. The van der Waals surface area contributed by atoms with E-state index in [1.165, 1.54) is 0 Å². The fourth-order valence-corrected chi connectivity index (χ4v) is 4.82. The minimum absolute atomic E-state index is 0.0989. The second-order valence-electron chi connectivity index (χ2n) is 9.08. The molecule has 1 aliphatic heterocycles.